The van der Waals surface area contributed by atoms with Gasteiger partial charge in [0.25, 0.3) is 0 Å². The quantitative estimate of drug-likeness (QED) is 0.774. The van der Waals surface area contributed by atoms with Crippen LogP contribution in [0.25, 0.3) is 0 Å². The van der Waals surface area contributed by atoms with Crippen LogP contribution in [0, 0.1) is 16.7 Å². The van der Waals surface area contributed by atoms with E-state index in [0.717, 1.165) is 6.54 Å². The third-order valence-electron chi connectivity index (χ3n) is 4.86. The molecular weight excluding hydrogens is 204 g/mol. The van der Waals surface area contributed by atoms with Crippen LogP contribution in [0.3, 0.4) is 0 Å². The van der Waals surface area contributed by atoms with Crippen molar-refractivity contribution < 1.29 is 9.59 Å². The van der Waals surface area contributed by atoms with Gasteiger partial charge in [-0.25, -0.2) is 4.79 Å². The normalized spacial score (nSPS) is 27.9. The molecule has 4 heteroatoms. The summed E-state index contributed by atoms with van der Waals surface area (Å²) in [4.78, 5) is 24.4. The van der Waals surface area contributed by atoms with Crippen LogP contribution in [-0.2, 0) is 4.79 Å². The Morgan fingerprint density at radius 2 is 1.81 bits per heavy atom. The van der Waals surface area contributed by atoms with Gasteiger partial charge in [-0.15, -0.1) is 0 Å². The van der Waals surface area contributed by atoms with Gasteiger partial charge in [-0.2, -0.15) is 0 Å². The monoisotopic (exact) mass is 224 g/mol. The van der Waals surface area contributed by atoms with Gasteiger partial charge in [-0.1, -0.05) is 27.7 Å². The van der Waals surface area contributed by atoms with E-state index < -0.39 is 0 Å². The van der Waals surface area contributed by atoms with Gasteiger partial charge in [0.15, 0.2) is 0 Å². The van der Waals surface area contributed by atoms with Crippen LogP contribution in [0.2, 0.25) is 0 Å². The van der Waals surface area contributed by atoms with Crippen molar-refractivity contribution in [1.29, 1.82) is 0 Å². The fourth-order valence-corrected chi connectivity index (χ4v) is 2.78. The molecule has 2 fully saturated rings. The van der Waals surface area contributed by atoms with Crippen molar-refractivity contribution >= 4 is 11.9 Å². The number of nitrogens with zero attached hydrogens (tertiary/aromatic N) is 1. The molecule has 1 saturated heterocycles. The molecule has 4 nitrogen and oxygen atoms in total. The van der Waals surface area contributed by atoms with Crippen molar-refractivity contribution in [2.45, 2.75) is 34.1 Å². The summed E-state index contributed by atoms with van der Waals surface area (Å²) in [7, 11) is 0. The lowest BCUT2D eigenvalue weighted by molar-refractivity contribution is -0.121. The minimum Gasteiger partial charge on any atom is -0.324 e. The zero-order valence-electron chi connectivity index (χ0n) is 10.5. The predicted molar refractivity (Wildman–Crippen MR) is 60.8 cm³/mol. The first-order chi connectivity index (χ1) is 7.26. The smallest absolute Gasteiger partial charge is 0.324 e. The van der Waals surface area contributed by atoms with E-state index in [1.807, 2.05) is 0 Å². The van der Waals surface area contributed by atoms with Crippen molar-refractivity contribution in [3.63, 3.8) is 0 Å². The molecule has 3 amide bonds. The maximum absolute atomic E-state index is 11.6. The Morgan fingerprint density at radius 3 is 2.25 bits per heavy atom. The van der Waals surface area contributed by atoms with Crippen LogP contribution in [-0.4, -0.2) is 29.9 Å². The molecule has 0 aromatic rings. The zero-order valence-corrected chi connectivity index (χ0v) is 10.5. The van der Waals surface area contributed by atoms with E-state index in [1.54, 1.807) is 4.90 Å². The zero-order chi connectivity index (χ0) is 12.1. The third kappa shape index (κ3) is 1.51. The highest BCUT2D eigenvalue weighted by Gasteiger charge is 2.64. The van der Waals surface area contributed by atoms with Gasteiger partial charge in [0.2, 0.25) is 5.91 Å². The summed E-state index contributed by atoms with van der Waals surface area (Å²) in [5, 5.41) is 2.37. The molecule has 16 heavy (non-hydrogen) atoms. The van der Waals surface area contributed by atoms with Gasteiger partial charge in [0.1, 0.15) is 0 Å². The molecule has 1 heterocycles. The van der Waals surface area contributed by atoms with Crippen LogP contribution in [0.1, 0.15) is 34.1 Å². The average molecular weight is 224 g/mol. The number of hydrogen-bond acceptors (Lipinski definition) is 2. The van der Waals surface area contributed by atoms with Gasteiger partial charge < -0.3 is 4.90 Å². The van der Waals surface area contributed by atoms with Gasteiger partial charge in [0, 0.05) is 19.5 Å². The Bertz CT molecular complexity index is 333. The number of rotatable bonds is 2. The average Bonchev–Trinajstić information content (AvgIpc) is 2.52. The van der Waals surface area contributed by atoms with Crippen LogP contribution >= 0.6 is 0 Å². The summed E-state index contributed by atoms with van der Waals surface area (Å²) in [6.07, 6.45) is 0.430. The first-order valence-corrected chi connectivity index (χ1v) is 5.85. The number of nitrogens with one attached hydrogen (secondary N) is 1. The summed E-state index contributed by atoms with van der Waals surface area (Å²) in [6.45, 7) is 10.3. The van der Waals surface area contributed by atoms with Gasteiger partial charge in [0.05, 0.1) is 0 Å². The molecule has 1 aliphatic carbocycles. The first-order valence-electron chi connectivity index (χ1n) is 5.85. The lowest BCUT2D eigenvalue weighted by Crippen LogP contribution is -2.50. The van der Waals surface area contributed by atoms with Crippen LogP contribution in [0.15, 0.2) is 0 Å². The SMILES string of the molecule is CC1(C)C(CN2CCC(=O)NC2=O)C1(C)C. The van der Waals surface area contributed by atoms with E-state index in [-0.39, 0.29) is 22.8 Å². The largest absolute Gasteiger partial charge is 0.324 e. The summed E-state index contributed by atoms with van der Waals surface area (Å²) in [5.41, 5.74) is 0.573. The highest BCUT2D eigenvalue weighted by Crippen LogP contribution is 2.68. The molecule has 1 aliphatic heterocycles. The molecule has 0 radical (unpaired) electrons. The fraction of sp³-hybridized carbons (Fsp3) is 0.833. The van der Waals surface area contributed by atoms with E-state index in [0.29, 0.717) is 18.9 Å². The molecule has 90 valence electrons. The minimum absolute atomic E-state index is 0.157. The Labute approximate surface area is 96.4 Å². The van der Waals surface area contributed by atoms with Crippen molar-refractivity contribution in [1.82, 2.24) is 10.2 Å². The van der Waals surface area contributed by atoms with Crippen molar-refractivity contribution in [2.75, 3.05) is 13.1 Å². The van der Waals surface area contributed by atoms with E-state index in [4.69, 9.17) is 0 Å². The number of urea groups is 1. The molecule has 0 aromatic carbocycles. The Kier molecular flexibility index (Phi) is 2.30. The Balaban J connectivity index is 1.97. The van der Waals surface area contributed by atoms with E-state index in [9.17, 15) is 9.59 Å². The van der Waals surface area contributed by atoms with Gasteiger partial charge >= 0.3 is 6.03 Å². The molecule has 0 spiro atoms. The van der Waals surface area contributed by atoms with Crippen molar-refractivity contribution in [3.8, 4) is 0 Å². The lowest BCUT2D eigenvalue weighted by Gasteiger charge is -2.27. The van der Waals surface area contributed by atoms with Crippen LogP contribution in [0.4, 0.5) is 4.79 Å². The standard InChI is InChI=1S/C12H20N2O2/c1-11(2)8(12(11,3)4)7-14-6-5-9(15)13-10(14)16/h8H,5-7H2,1-4H3,(H,13,15,16). The van der Waals surface area contributed by atoms with Gasteiger partial charge in [-0.05, 0) is 16.7 Å². The predicted octanol–water partition coefficient (Wildman–Crippen LogP) is 1.61. The molecule has 1 N–H and O–H groups in total. The molecule has 2 aliphatic rings. The highest BCUT2D eigenvalue weighted by atomic mass is 16.2. The third-order valence-corrected chi connectivity index (χ3v) is 4.86. The second-order valence-corrected chi connectivity index (χ2v) is 6.05. The van der Waals surface area contributed by atoms with Crippen LogP contribution < -0.4 is 5.32 Å². The second kappa shape index (κ2) is 3.22. The number of carbonyl (C=O) groups excluding carboxylic acids is 2. The summed E-state index contributed by atoms with van der Waals surface area (Å²) in [6, 6.07) is -0.227. The molecule has 1 saturated carbocycles. The number of hydrogen-bond donors (Lipinski definition) is 1. The Morgan fingerprint density at radius 1 is 1.25 bits per heavy atom. The van der Waals surface area contributed by atoms with E-state index in [2.05, 4.69) is 33.0 Å². The first kappa shape index (κ1) is 11.4. The molecule has 0 bridgehead atoms. The van der Waals surface area contributed by atoms with Crippen molar-refractivity contribution in [2.24, 2.45) is 16.7 Å². The summed E-state index contributed by atoms with van der Waals surface area (Å²) >= 11 is 0. The Hall–Kier alpha value is -1.06. The van der Waals surface area contributed by atoms with Crippen LogP contribution in [0.5, 0.6) is 0 Å². The second-order valence-electron chi connectivity index (χ2n) is 6.05. The van der Waals surface area contributed by atoms with E-state index in [1.165, 1.54) is 0 Å². The summed E-state index contributed by atoms with van der Waals surface area (Å²) in [5.74, 6) is 0.370. The summed E-state index contributed by atoms with van der Waals surface area (Å²) < 4.78 is 0. The van der Waals surface area contributed by atoms with Gasteiger partial charge in [-0.3, -0.25) is 10.1 Å². The number of amides is 3. The molecule has 0 unspecified atom stereocenters. The maximum atomic E-state index is 11.6. The topological polar surface area (TPSA) is 49.4 Å². The van der Waals surface area contributed by atoms with E-state index >= 15 is 0 Å². The highest BCUT2D eigenvalue weighted by molar-refractivity contribution is 5.96. The molecule has 2 rings (SSSR count). The lowest BCUT2D eigenvalue weighted by atomic mass is 10.0. The maximum Gasteiger partial charge on any atom is 0.324 e. The van der Waals surface area contributed by atoms with Crippen molar-refractivity contribution in [3.05, 3.63) is 0 Å². The molecule has 0 atom stereocenters. The fourth-order valence-electron chi connectivity index (χ4n) is 2.78. The molecular formula is C12H20N2O2. The number of carbonyl (C=O) groups is 2. The molecule has 0 aromatic heterocycles. The number of imide groups is 1. The minimum atomic E-state index is -0.227.